The zero-order valence-electron chi connectivity index (χ0n) is 15.4. The maximum atomic E-state index is 6.61. The van der Waals surface area contributed by atoms with Gasteiger partial charge in [-0.3, -0.25) is 4.99 Å². The van der Waals surface area contributed by atoms with Crippen LogP contribution in [0.3, 0.4) is 0 Å². The van der Waals surface area contributed by atoms with Crippen LogP contribution >= 0.6 is 22.9 Å². The van der Waals surface area contributed by atoms with Crippen molar-refractivity contribution in [2.24, 2.45) is 10.1 Å². The number of halogens is 1. The highest BCUT2D eigenvalue weighted by molar-refractivity contribution is 7.07. The predicted octanol–water partition coefficient (Wildman–Crippen LogP) is 4.76. The van der Waals surface area contributed by atoms with Gasteiger partial charge in [0.2, 0.25) is 4.80 Å². The summed E-state index contributed by atoms with van der Waals surface area (Å²) in [6, 6.07) is 13.5. The number of aryl methyl sites for hydroxylation is 1. The lowest BCUT2D eigenvalue weighted by Crippen LogP contribution is -2.12. The van der Waals surface area contributed by atoms with E-state index in [2.05, 4.69) is 15.2 Å². The van der Waals surface area contributed by atoms with Gasteiger partial charge in [-0.15, -0.1) is 11.3 Å². The molecule has 3 aromatic heterocycles. The molecule has 3 heterocycles. The quantitative estimate of drug-likeness (QED) is 0.444. The zero-order valence-corrected chi connectivity index (χ0v) is 17.0. The molecule has 0 saturated heterocycles. The van der Waals surface area contributed by atoms with Crippen molar-refractivity contribution in [2.75, 3.05) is 6.54 Å². The third-order valence-electron chi connectivity index (χ3n) is 4.10. The Hall–Kier alpha value is -2.90. The van der Waals surface area contributed by atoms with Crippen LogP contribution in [-0.4, -0.2) is 27.2 Å². The summed E-state index contributed by atoms with van der Waals surface area (Å²) in [5, 5.41) is 11.7. The number of aromatic nitrogens is 3. The van der Waals surface area contributed by atoms with Crippen LogP contribution in [0, 0.1) is 6.92 Å². The molecular formula is C20H18ClN5OS. The number of hydrogen-bond acceptors (Lipinski definition) is 5. The fourth-order valence-electron chi connectivity index (χ4n) is 2.76. The molecule has 8 heteroatoms. The van der Waals surface area contributed by atoms with Crippen LogP contribution in [-0.2, 0) is 0 Å². The smallest absolute Gasteiger partial charge is 0.206 e. The van der Waals surface area contributed by atoms with E-state index >= 15 is 0 Å². The van der Waals surface area contributed by atoms with E-state index in [9.17, 15) is 0 Å². The first-order valence-electron chi connectivity index (χ1n) is 8.79. The topological polar surface area (TPSA) is 60.6 Å². The summed E-state index contributed by atoms with van der Waals surface area (Å²) in [6.07, 6.45) is 3.36. The van der Waals surface area contributed by atoms with E-state index in [1.807, 2.05) is 61.7 Å². The average Bonchev–Trinajstić information content (AvgIpc) is 3.42. The van der Waals surface area contributed by atoms with Crippen molar-refractivity contribution in [3.05, 3.63) is 75.3 Å². The number of benzene rings is 1. The van der Waals surface area contributed by atoms with Gasteiger partial charge < -0.3 is 4.42 Å². The Morgan fingerprint density at radius 2 is 2.04 bits per heavy atom. The summed E-state index contributed by atoms with van der Waals surface area (Å²) in [7, 11) is 0. The second kappa shape index (κ2) is 8.00. The van der Waals surface area contributed by atoms with Crippen molar-refractivity contribution < 1.29 is 4.42 Å². The number of hydrogen-bond donors (Lipinski definition) is 0. The maximum Gasteiger partial charge on any atom is 0.206 e. The molecule has 0 unspecified atom stereocenters. The summed E-state index contributed by atoms with van der Waals surface area (Å²) in [6.45, 7) is 4.57. The zero-order chi connectivity index (χ0) is 19.5. The molecule has 4 rings (SSSR count). The van der Waals surface area contributed by atoms with E-state index in [0.717, 1.165) is 33.2 Å². The first-order valence-corrected chi connectivity index (χ1v) is 10.0. The van der Waals surface area contributed by atoms with Crippen LogP contribution in [0.4, 0.5) is 0 Å². The van der Waals surface area contributed by atoms with Crippen LogP contribution in [0.1, 0.15) is 18.2 Å². The van der Waals surface area contributed by atoms with E-state index in [4.69, 9.17) is 16.0 Å². The van der Waals surface area contributed by atoms with Crippen molar-refractivity contribution in [2.45, 2.75) is 13.8 Å². The second-order valence-corrected chi connectivity index (χ2v) is 7.14. The third kappa shape index (κ3) is 3.46. The van der Waals surface area contributed by atoms with E-state index < -0.39 is 0 Å². The molecule has 0 radical (unpaired) electrons. The van der Waals surface area contributed by atoms with Crippen LogP contribution in [0.15, 0.2) is 68.6 Å². The molecule has 0 fully saturated rings. The Balaban J connectivity index is 1.78. The minimum atomic E-state index is 0.511. The van der Waals surface area contributed by atoms with Crippen molar-refractivity contribution in [3.8, 4) is 17.1 Å². The van der Waals surface area contributed by atoms with Gasteiger partial charge in [0.15, 0.2) is 5.76 Å². The van der Waals surface area contributed by atoms with E-state index in [0.29, 0.717) is 11.7 Å². The van der Waals surface area contributed by atoms with Crippen molar-refractivity contribution >= 4 is 29.2 Å². The fourth-order valence-corrected chi connectivity index (χ4v) is 3.97. The number of thiazole rings is 1. The van der Waals surface area contributed by atoms with Crippen LogP contribution in [0.2, 0.25) is 5.15 Å². The van der Waals surface area contributed by atoms with Gasteiger partial charge in [0.1, 0.15) is 10.8 Å². The van der Waals surface area contributed by atoms with Gasteiger partial charge >= 0.3 is 0 Å². The SMILES string of the molecule is CCN=c1scc(-c2ccco2)n1/N=C\c1c(C)nn(-c2ccccc2)c1Cl. The molecule has 0 N–H and O–H groups in total. The molecule has 0 atom stereocenters. The third-order valence-corrected chi connectivity index (χ3v) is 5.32. The lowest BCUT2D eigenvalue weighted by Gasteiger charge is -2.02. The van der Waals surface area contributed by atoms with Gasteiger partial charge in [0.05, 0.1) is 29.4 Å². The average molecular weight is 412 g/mol. The Morgan fingerprint density at radius 1 is 1.21 bits per heavy atom. The first kappa shape index (κ1) is 18.5. The normalized spacial score (nSPS) is 12.3. The highest BCUT2D eigenvalue weighted by Crippen LogP contribution is 2.23. The van der Waals surface area contributed by atoms with Gasteiger partial charge in [-0.05, 0) is 38.1 Å². The fraction of sp³-hybridized carbons (Fsp3) is 0.150. The van der Waals surface area contributed by atoms with Gasteiger partial charge in [-0.1, -0.05) is 29.8 Å². The summed E-state index contributed by atoms with van der Waals surface area (Å²) < 4.78 is 9.02. The molecule has 0 aliphatic rings. The molecule has 1 aromatic carbocycles. The molecule has 0 bridgehead atoms. The second-order valence-electron chi connectivity index (χ2n) is 5.95. The van der Waals surface area contributed by atoms with E-state index in [-0.39, 0.29) is 0 Å². The highest BCUT2D eigenvalue weighted by Gasteiger charge is 2.14. The Bertz CT molecular complexity index is 1170. The minimum absolute atomic E-state index is 0.511. The molecule has 142 valence electrons. The predicted molar refractivity (Wildman–Crippen MR) is 112 cm³/mol. The monoisotopic (exact) mass is 411 g/mol. The van der Waals surface area contributed by atoms with Gasteiger partial charge in [0, 0.05) is 11.9 Å². The summed E-state index contributed by atoms with van der Waals surface area (Å²) in [4.78, 5) is 5.31. The van der Waals surface area contributed by atoms with Gasteiger partial charge in [-0.2, -0.15) is 10.2 Å². The van der Waals surface area contributed by atoms with E-state index in [1.165, 1.54) is 11.3 Å². The lowest BCUT2D eigenvalue weighted by molar-refractivity contribution is 0.575. The van der Waals surface area contributed by atoms with Crippen LogP contribution < -0.4 is 4.80 Å². The molecule has 28 heavy (non-hydrogen) atoms. The van der Waals surface area contributed by atoms with Crippen LogP contribution in [0.5, 0.6) is 0 Å². The Morgan fingerprint density at radius 3 is 2.75 bits per heavy atom. The minimum Gasteiger partial charge on any atom is -0.463 e. The molecule has 0 amide bonds. The van der Waals surface area contributed by atoms with Gasteiger partial charge in [-0.25, -0.2) is 9.36 Å². The summed E-state index contributed by atoms with van der Waals surface area (Å²) in [5.41, 5.74) is 3.29. The molecule has 0 spiro atoms. The number of nitrogens with zero attached hydrogens (tertiary/aromatic N) is 5. The largest absolute Gasteiger partial charge is 0.463 e. The molecular weight excluding hydrogens is 394 g/mol. The highest BCUT2D eigenvalue weighted by atomic mass is 35.5. The maximum absolute atomic E-state index is 6.61. The lowest BCUT2D eigenvalue weighted by atomic mass is 10.3. The van der Waals surface area contributed by atoms with Gasteiger partial charge in [0.25, 0.3) is 0 Å². The molecule has 0 aliphatic heterocycles. The van der Waals surface area contributed by atoms with Crippen LogP contribution in [0.25, 0.3) is 17.1 Å². The first-order chi connectivity index (χ1) is 13.7. The number of furan rings is 1. The van der Waals surface area contributed by atoms with Crippen molar-refractivity contribution in [3.63, 3.8) is 0 Å². The molecule has 0 aliphatic carbocycles. The summed E-state index contributed by atoms with van der Waals surface area (Å²) in [5.74, 6) is 0.730. The number of para-hydroxylation sites is 1. The molecule has 4 aromatic rings. The van der Waals surface area contributed by atoms with Crippen molar-refractivity contribution in [1.82, 2.24) is 14.5 Å². The summed E-state index contributed by atoms with van der Waals surface area (Å²) >= 11 is 8.12. The van der Waals surface area contributed by atoms with Crippen molar-refractivity contribution in [1.29, 1.82) is 0 Å². The molecule has 0 saturated carbocycles. The Labute approximate surface area is 171 Å². The molecule has 6 nitrogen and oxygen atoms in total. The number of rotatable bonds is 5. The standard InChI is InChI=1S/C20H18ClN5OS/c1-3-22-20-26(17(13-28-20)18-10-7-11-27-18)23-12-16-14(2)24-25(19(16)21)15-8-5-4-6-9-15/h4-13H,3H2,1-2H3/b22-20?,23-12-. The van der Waals surface area contributed by atoms with E-state index in [1.54, 1.807) is 21.8 Å². The Kier molecular flexibility index (Phi) is 5.27.